The number of aromatic nitrogens is 3. The van der Waals surface area contributed by atoms with Crippen LogP contribution in [0.2, 0.25) is 0 Å². The second kappa shape index (κ2) is 4.23. The van der Waals surface area contributed by atoms with Crippen LogP contribution in [0.15, 0.2) is 39.9 Å². The molecule has 0 saturated carbocycles. The maximum atomic E-state index is 12.6. The Morgan fingerprint density at radius 3 is 2.50 bits per heavy atom. The molecule has 2 heterocycles. The monoisotopic (exact) mass is 269 g/mol. The van der Waals surface area contributed by atoms with Crippen molar-refractivity contribution in [1.82, 2.24) is 14.3 Å². The molecule has 0 aliphatic carbocycles. The molecule has 0 fully saturated rings. The Bertz CT molecular complexity index is 928. The quantitative estimate of drug-likeness (QED) is 0.730. The van der Waals surface area contributed by atoms with Crippen LogP contribution in [0.25, 0.3) is 16.6 Å². The van der Waals surface area contributed by atoms with Crippen LogP contribution in [0, 0.1) is 13.8 Å². The van der Waals surface area contributed by atoms with Crippen molar-refractivity contribution in [2.75, 3.05) is 0 Å². The van der Waals surface area contributed by atoms with Crippen molar-refractivity contribution in [3.8, 4) is 5.69 Å². The van der Waals surface area contributed by atoms with Crippen LogP contribution < -0.4 is 11.1 Å². The first-order valence-electron chi connectivity index (χ1n) is 6.38. The average molecular weight is 269 g/mol. The normalized spacial score (nSPS) is 11.2. The minimum absolute atomic E-state index is 0.131. The zero-order valence-corrected chi connectivity index (χ0v) is 11.6. The van der Waals surface area contributed by atoms with E-state index in [9.17, 15) is 9.59 Å². The number of para-hydroxylation sites is 1. The summed E-state index contributed by atoms with van der Waals surface area (Å²) in [6, 6.07) is 9.08. The SMILES string of the molecule is Cc1ccccc1-n1[nH]c2cc(=O)n(C)c(C)c2c1=O. The summed E-state index contributed by atoms with van der Waals surface area (Å²) in [4.78, 5) is 24.4. The van der Waals surface area contributed by atoms with Crippen LogP contribution in [-0.2, 0) is 7.05 Å². The fraction of sp³-hybridized carbons (Fsp3) is 0.200. The van der Waals surface area contributed by atoms with Crippen molar-refractivity contribution in [3.05, 3.63) is 62.3 Å². The van der Waals surface area contributed by atoms with Gasteiger partial charge in [0.05, 0.1) is 16.6 Å². The second-order valence-corrected chi connectivity index (χ2v) is 4.95. The average Bonchev–Trinajstić information content (AvgIpc) is 2.74. The van der Waals surface area contributed by atoms with Crippen molar-refractivity contribution < 1.29 is 0 Å². The van der Waals surface area contributed by atoms with Crippen molar-refractivity contribution in [2.24, 2.45) is 7.05 Å². The summed E-state index contributed by atoms with van der Waals surface area (Å²) in [5, 5.41) is 3.57. The van der Waals surface area contributed by atoms with Crippen LogP contribution in [-0.4, -0.2) is 14.3 Å². The van der Waals surface area contributed by atoms with E-state index in [1.54, 1.807) is 14.0 Å². The number of aryl methyl sites for hydroxylation is 2. The number of benzene rings is 1. The Hall–Kier alpha value is -2.56. The molecule has 1 N–H and O–H groups in total. The molecule has 0 spiro atoms. The zero-order valence-electron chi connectivity index (χ0n) is 11.6. The van der Waals surface area contributed by atoms with Gasteiger partial charge < -0.3 is 4.57 Å². The van der Waals surface area contributed by atoms with Crippen LogP contribution in [0.5, 0.6) is 0 Å². The number of H-pyrrole nitrogens is 1. The smallest absolute Gasteiger partial charge is 0.280 e. The fourth-order valence-electron chi connectivity index (χ4n) is 2.45. The largest absolute Gasteiger partial charge is 0.315 e. The summed E-state index contributed by atoms with van der Waals surface area (Å²) in [5.41, 5.74) is 2.75. The molecule has 1 aromatic carbocycles. The molecule has 102 valence electrons. The summed E-state index contributed by atoms with van der Waals surface area (Å²) < 4.78 is 2.98. The van der Waals surface area contributed by atoms with Crippen LogP contribution in [0.1, 0.15) is 11.3 Å². The molecule has 0 aliphatic rings. The molecular weight excluding hydrogens is 254 g/mol. The number of pyridine rings is 1. The van der Waals surface area contributed by atoms with Gasteiger partial charge in [0.25, 0.3) is 11.1 Å². The summed E-state index contributed by atoms with van der Waals surface area (Å²) in [6.45, 7) is 3.72. The predicted octanol–water partition coefficient (Wildman–Crippen LogP) is 1.63. The first-order chi connectivity index (χ1) is 9.50. The van der Waals surface area contributed by atoms with Gasteiger partial charge in [0.1, 0.15) is 0 Å². The molecule has 20 heavy (non-hydrogen) atoms. The molecule has 0 amide bonds. The van der Waals surface area contributed by atoms with Gasteiger partial charge in [-0.2, -0.15) is 0 Å². The summed E-state index contributed by atoms with van der Waals surface area (Å²) in [5.74, 6) is 0. The Morgan fingerprint density at radius 2 is 1.80 bits per heavy atom. The summed E-state index contributed by atoms with van der Waals surface area (Å²) in [7, 11) is 1.67. The highest BCUT2D eigenvalue weighted by Gasteiger charge is 2.14. The zero-order chi connectivity index (χ0) is 14.4. The van der Waals surface area contributed by atoms with Gasteiger partial charge in [-0.1, -0.05) is 18.2 Å². The lowest BCUT2D eigenvalue weighted by atomic mass is 10.2. The molecule has 0 aliphatic heterocycles. The number of hydrogen-bond acceptors (Lipinski definition) is 2. The number of nitrogens with zero attached hydrogens (tertiary/aromatic N) is 2. The number of nitrogens with one attached hydrogen (secondary N) is 1. The maximum Gasteiger partial charge on any atom is 0.280 e. The van der Waals surface area contributed by atoms with Gasteiger partial charge in [-0.3, -0.25) is 14.7 Å². The molecule has 0 unspecified atom stereocenters. The molecular formula is C15H15N3O2. The third kappa shape index (κ3) is 1.63. The van der Waals surface area contributed by atoms with E-state index in [-0.39, 0.29) is 11.1 Å². The maximum absolute atomic E-state index is 12.6. The van der Waals surface area contributed by atoms with Crippen molar-refractivity contribution >= 4 is 10.9 Å². The van der Waals surface area contributed by atoms with Gasteiger partial charge in [0, 0.05) is 18.8 Å². The Morgan fingerprint density at radius 1 is 1.10 bits per heavy atom. The molecule has 0 saturated heterocycles. The van der Waals surface area contributed by atoms with E-state index < -0.39 is 0 Å². The van der Waals surface area contributed by atoms with Crippen molar-refractivity contribution in [1.29, 1.82) is 0 Å². The lowest BCUT2D eigenvalue weighted by Crippen LogP contribution is -2.20. The number of hydrogen-bond donors (Lipinski definition) is 1. The first-order valence-corrected chi connectivity index (χ1v) is 6.38. The lowest BCUT2D eigenvalue weighted by Gasteiger charge is -2.04. The summed E-state index contributed by atoms with van der Waals surface area (Å²) in [6.07, 6.45) is 0. The molecule has 0 radical (unpaired) electrons. The Kier molecular flexibility index (Phi) is 2.64. The number of fused-ring (bicyclic) bond motifs is 1. The number of aromatic amines is 1. The van der Waals surface area contributed by atoms with E-state index in [1.165, 1.54) is 15.3 Å². The molecule has 0 bridgehead atoms. The van der Waals surface area contributed by atoms with E-state index in [0.29, 0.717) is 16.6 Å². The van der Waals surface area contributed by atoms with E-state index in [0.717, 1.165) is 11.3 Å². The van der Waals surface area contributed by atoms with Crippen LogP contribution in [0.3, 0.4) is 0 Å². The third-order valence-corrected chi connectivity index (χ3v) is 3.74. The molecule has 5 nitrogen and oxygen atoms in total. The first kappa shape index (κ1) is 12.5. The van der Waals surface area contributed by atoms with Gasteiger partial charge in [0.15, 0.2) is 0 Å². The highest BCUT2D eigenvalue weighted by Crippen LogP contribution is 2.15. The molecule has 3 aromatic rings. The van der Waals surface area contributed by atoms with E-state index in [4.69, 9.17) is 0 Å². The third-order valence-electron chi connectivity index (χ3n) is 3.74. The van der Waals surface area contributed by atoms with Gasteiger partial charge in [-0.25, -0.2) is 4.68 Å². The molecule has 5 heteroatoms. The second-order valence-electron chi connectivity index (χ2n) is 4.95. The van der Waals surface area contributed by atoms with Crippen molar-refractivity contribution in [2.45, 2.75) is 13.8 Å². The molecule has 3 rings (SSSR count). The number of rotatable bonds is 1. The van der Waals surface area contributed by atoms with Gasteiger partial charge in [0.2, 0.25) is 0 Å². The highest BCUT2D eigenvalue weighted by atomic mass is 16.1. The Labute approximate surface area is 115 Å². The van der Waals surface area contributed by atoms with Gasteiger partial charge >= 0.3 is 0 Å². The Balaban J connectivity index is 2.44. The predicted molar refractivity (Wildman–Crippen MR) is 78.6 cm³/mol. The minimum atomic E-state index is -0.137. The highest BCUT2D eigenvalue weighted by molar-refractivity contribution is 5.80. The van der Waals surface area contributed by atoms with E-state index in [2.05, 4.69) is 5.10 Å². The van der Waals surface area contributed by atoms with Crippen LogP contribution in [0.4, 0.5) is 0 Å². The standard InChI is InChI=1S/C15H15N3O2/c1-9-6-4-5-7-12(9)18-15(20)14-10(2)17(3)13(19)8-11(14)16-18/h4-8,16H,1-3H3. The lowest BCUT2D eigenvalue weighted by molar-refractivity contribution is 0.830. The summed E-state index contributed by atoms with van der Waals surface area (Å²) >= 11 is 0. The van der Waals surface area contributed by atoms with Crippen LogP contribution >= 0.6 is 0 Å². The van der Waals surface area contributed by atoms with E-state index in [1.807, 2.05) is 31.2 Å². The van der Waals surface area contributed by atoms with Gasteiger partial charge in [-0.05, 0) is 25.5 Å². The van der Waals surface area contributed by atoms with E-state index >= 15 is 0 Å². The molecule has 2 aromatic heterocycles. The molecule has 0 atom stereocenters. The topological polar surface area (TPSA) is 59.8 Å². The van der Waals surface area contributed by atoms with Crippen molar-refractivity contribution in [3.63, 3.8) is 0 Å². The minimum Gasteiger partial charge on any atom is -0.315 e. The van der Waals surface area contributed by atoms with Gasteiger partial charge in [-0.15, -0.1) is 0 Å². The fourth-order valence-corrected chi connectivity index (χ4v) is 2.45.